The predicted octanol–water partition coefficient (Wildman–Crippen LogP) is 1.10. The van der Waals surface area contributed by atoms with Crippen molar-refractivity contribution >= 4 is 11.6 Å². The Morgan fingerprint density at radius 1 is 1.53 bits per heavy atom. The van der Waals surface area contributed by atoms with Gasteiger partial charge in [0, 0.05) is 12.2 Å². The summed E-state index contributed by atoms with van der Waals surface area (Å²) in [5.41, 5.74) is 1.41. The summed E-state index contributed by atoms with van der Waals surface area (Å²) in [5, 5.41) is 12.0. The topological polar surface area (TPSA) is 56.1 Å². The van der Waals surface area contributed by atoms with Gasteiger partial charge in [0.1, 0.15) is 0 Å². The number of nitrogens with zero attached hydrogens (tertiary/aromatic N) is 2. The molecule has 3 rings (SSSR count). The molecule has 0 bridgehead atoms. The minimum absolute atomic E-state index is 0.0308. The van der Waals surface area contributed by atoms with Gasteiger partial charge in [-0.2, -0.15) is 5.26 Å². The number of likely N-dealkylation sites (tertiary alicyclic amines) is 1. The van der Waals surface area contributed by atoms with Gasteiger partial charge < -0.3 is 5.32 Å². The van der Waals surface area contributed by atoms with Crippen LogP contribution in [0.4, 0.5) is 5.69 Å². The number of nitrogens with one attached hydrogen (secondary N) is 1. The number of likely N-dealkylation sites (N-methyl/N-ethyl adjacent to an activating group) is 1. The number of rotatable bonds is 0. The molecule has 1 aromatic carbocycles. The quantitative estimate of drug-likeness (QED) is 0.722. The van der Waals surface area contributed by atoms with Gasteiger partial charge in [0.25, 0.3) is 0 Å². The van der Waals surface area contributed by atoms with E-state index in [1.165, 1.54) is 0 Å². The van der Waals surface area contributed by atoms with Crippen LogP contribution in [-0.2, 0) is 10.2 Å². The number of para-hydroxylation sites is 1. The number of hydrogen-bond donors (Lipinski definition) is 1. The maximum Gasteiger partial charge on any atom is 0.236 e. The van der Waals surface area contributed by atoms with E-state index >= 15 is 0 Å². The van der Waals surface area contributed by atoms with Gasteiger partial charge in [0.05, 0.1) is 17.5 Å². The third-order valence-corrected chi connectivity index (χ3v) is 3.87. The zero-order valence-corrected chi connectivity index (χ0v) is 9.60. The SMILES string of the molecule is CN1C[C@]2(C[C@H]1C#N)C(=O)Nc1ccccc12. The largest absolute Gasteiger partial charge is 0.325 e. The fourth-order valence-corrected chi connectivity index (χ4v) is 2.96. The molecule has 1 saturated heterocycles. The average molecular weight is 227 g/mol. The minimum atomic E-state index is -0.522. The van der Waals surface area contributed by atoms with Crippen molar-refractivity contribution in [2.24, 2.45) is 0 Å². The summed E-state index contributed by atoms with van der Waals surface area (Å²) in [6.45, 7) is 0.619. The van der Waals surface area contributed by atoms with Crippen LogP contribution in [-0.4, -0.2) is 30.4 Å². The van der Waals surface area contributed by atoms with Crippen molar-refractivity contribution < 1.29 is 4.79 Å². The van der Waals surface area contributed by atoms with E-state index in [1.54, 1.807) is 0 Å². The van der Waals surface area contributed by atoms with Crippen molar-refractivity contribution in [1.29, 1.82) is 5.26 Å². The number of fused-ring (bicyclic) bond motifs is 2. The standard InChI is InChI=1S/C13H13N3O/c1-16-8-13(6-9(16)7-14)10-4-2-3-5-11(10)15-12(13)17/h2-5,9H,6,8H2,1H3,(H,15,17)/t9-,13-/m0/s1. The number of benzene rings is 1. The Labute approximate surface area is 99.8 Å². The summed E-state index contributed by atoms with van der Waals surface area (Å²) >= 11 is 0. The highest BCUT2D eigenvalue weighted by Gasteiger charge is 2.53. The van der Waals surface area contributed by atoms with E-state index in [1.807, 2.05) is 36.2 Å². The van der Waals surface area contributed by atoms with E-state index in [9.17, 15) is 4.79 Å². The second-order valence-electron chi connectivity index (χ2n) is 4.85. The molecule has 2 aliphatic rings. The highest BCUT2D eigenvalue weighted by molar-refractivity contribution is 6.06. The fourth-order valence-electron chi connectivity index (χ4n) is 2.96. The van der Waals surface area contributed by atoms with Crippen molar-refractivity contribution in [3.8, 4) is 6.07 Å². The summed E-state index contributed by atoms with van der Waals surface area (Å²) in [6.07, 6.45) is 0.586. The maximum atomic E-state index is 12.2. The molecule has 1 amide bonds. The van der Waals surface area contributed by atoms with E-state index in [4.69, 9.17) is 5.26 Å². The average Bonchev–Trinajstić information content (AvgIpc) is 2.80. The number of amides is 1. The lowest BCUT2D eigenvalue weighted by atomic mass is 9.80. The van der Waals surface area contributed by atoms with Gasteiger partial charge in [0.15, 0.2) is 0 Å². The molecule has 1 spiro atoms. The molecular weight excluding hydrogens is 214 g/mol. The molecule has 0 unspecified atom stereocenters. The fraction of sp³-hybridized carbons (Fsp3) is 0.385. The first-order chi connectivity index (χ1) is 8.17. The molecule has 0 saturated carbocycles. The second kappa shape index (κ2) is 3.31. The Balaban J connectivity index is 2.10. The molecule has 2 heterocycles. The van der Waals surface area contributed by atoms with Gasteiger partial charge in [-0.3, -0.25) is 9.69 Å². The van der Waals surface area contributed by atoms with E-state index in [2.05, 4.69) is 11.4 Å². The van der Waals surface area contributed by atoms with E-state index < -0.39 is 5.41 Å². The number of carbonyl (C=O) groups excluding carboxylic acids is 1. The Morgan fingerprint density at radius 2 is 2.29 bits per heavy atom. The third kappa shape index (κ3) is 1.23. The molecule has 4 heteroatoms. The van der Waals surface area contributed by atoms with Crippen molar-refractivity contribution in [3.63, 3.8) is 0 Å². The normalized spacial score (nSPS) is 31.3. The smallest absolute Gasteiger partial charge is 0.236 e. The predicted molar refractivity (Wildman–Crippen MR) is 63.4 cm³/mol. The lowest BCUT2D eigenvalue weighted by Gasteiger charge is -2.20. The summed E-state index contributed by atoms with van der Waals surface area (Å²) in [6, 6.07) is 9.85. The summed E-state index contributed by atoms with van der Waals surface area (Å²) < 4.78 is 0. The maximum absolute atomic E-state index is 12.2. The first-order valence-corrected chi connectivity index (χ1v) is 5.68. The first-order valence-electron chi connectivity index (χ1n) is 5.68. The van der Waals surface area contributed by atoms with Gasteiger partial charge in [0.2, 0.25) is 5.91 Å². The number of carbonyl (C=O) groups is 1. The molecule has 2 atom stereocenters. The summed E-state index contributed by atoms with van der Waals surface area (Å²) in [7, 11) is 1.90. The number of nitriles is 1. The van der Waals surface area contributed by atoms with Gasteiger partial charge in [-0.15, -0.1) is 0 Å². The van der Waals surface area contributed by atoms with Crippen LogP contribution in [0.3, 0.4) is 0 Å². The van der Waals surface area contributed by atoms with Crippen LogP contribution in [0.1, 0.15) is 12.0 Å². The Bertz CT molecular complexity index is 534. The van der Waals surface area contributed by atoms with Crippen LogP contribution in [0.2, 0.25) is 0 Å². The Kier molecular flexibility index (Phi) is 2.01. The first kappa shape index (κ1) is 10.3. The van der Waals surface area contributed by atoms with Crippen molar-refractivity contribution in [2.45, 2.75) is 17.9 Å². The van der Waals surface area contributed by atoms with Gasteiger partial charge in [-0.25, -0.2) is 0 Å². The molecule has 2 aliphatic heterocycles. The van der Waals surface area contributed by atoms with Crippen LogP contribution in [0.25, 0.3) is 0 Å². The lowest BCUT2D eigenvalue weighted by molar-refractivity contribution is -0.120. The van der Waals surface area contributed by atoms with Crippen LogP contribution in [0.15, 0.2) is 24.3 Å². The van der Waals surface area contributed by atoms with Gasteiger partial charge >= 0.3 is 0 Å². The molecule has 0 radical (unpaired) electrons. The monoisotopic (exact) mass is 227 g/mol. The zero-order valence-electron chi connectivity index (χ0n) is 9.60. The van der Waals surface area contributed by atoms with Crippen LogP contribution in [0.5, 0.6) is 0 Å². The Morgan fingerprint density at radius 3 is 3.00 bits per heavy atom. The highest BCUT2D eigenvalue weighted by Crippen LogP contribution is 2.45. The molecule has 17 heavy (non-hydrogen) atoms. The van der Waals surface area contributed by atoms with Crippen LogP contribution >= 0.6 is 0 Å². The van der Waals surface area contributed by atoms with Gasteiger partial charge in [-0.05, 0) is 25.1 Å². The summed E-state index contributed by atoms with van der Waals surface area (Å²) in [4.78, 5) is 14.2. The zero-order chi connectivity index (χ0) is 12.0. The number of hydrogen-bond acceptors (Lipinski definition) is 3. The lowest BCUT2D eigenvalue weighted by Crippen LogP contribution is -2.36. The third-order valence-electron chi connectivity index (χ3n) is 3.87. The van der Waals surface area contributed by atoms with Crippen LogP contribution in [0, 0.1) is 11.3 Å². The van der Waals surface area contributed by atoms with Crippen molar-refractivity contribution in [2.75, 3.05) is 18.9 Å². The van der Waals surface area contributed by atoms with E-state index in [0.29, 0.717) is 13.0 Å². The van der Waals surface area contributed by atoms with Crippen molar-refractivity contribution in [1.82, 2.24) is 4.90 Å². The molecular formula is C13H13N3O. The molecule has 1 fully saturated rings. The van der Waals surface area contributed by atoms with Crippen molar-refractivity contribution in [3.05, 3.63) is 29.8 Å². The van der Waals surface area contributed by atoms with E-state index in [-0.39, 0.29) is 11.9 Å². The molecule has 4 nitrogen and oxygen atoms in total. The second-order valence-corrected chi connectivity index (χ2v) is 4.85. The summed E-state index contributed by atoms with van der Waals surface area (Å²) in [5.74, 6) is 0.0308. The molecule has 86 valence electrons. The molecule has 0 aromatic heterocycles. The van der Waals surface area contributed by atoms with Crippen LogP contribution < -0.4 is 5.32 Å². The highest BCUT2D eigenvalue weighted by atomic mass is 16.2. The number of anilines is 1. The minimum Gasteiger partial charge on any atom is -0.325 e. The van der Waals surface area contributed by atoms with Gasteiger partial charge in [-0.1, -0.05) is 18.2 Å². The molecule has 1 N–H and O–H groups in total. The molecule has 1 aromatic rings. The Hall–Kier alpha value is -1.86. The van der Waals surface area contributed by atoms with E-state index in [0.717, 1.165) is 11.3 Å². The molecule has 0 aliphatic carbocycles.